The molecular weight excluding hydrogens is 243 g/mol. The van der Waals surface area contributed by atoms with Gasteiger partial charge in [0.25, 0.3) is 0 Å². The van der Waals surface area contributed by atoms with E-state index in [0.717, 1.165) is 0 Å². The molecule has 0 heterocycles. The summed E-state index contributed by atoms with van der Waals surface area (Å²) in [6, 6.07) is 24.0. The molecule has 0 aliphatic heterocycles. The number of halogens is 2. The van der Waals surface area contributed by atoms with Gasteiger partial charge in [-0.25, -0.2) is 0 Å². The third-order valence-electron chi connectivity index (χ3n) is 1.33. The molecule has 0 amide bonds. The van der Waals surface area contributed by atoms with Gasteiger partial charge in [-0.3, -0.25) is 0 Å². The van der Waals surface area contributed by atoms with E-state index in [4.69, 9.17) is 0 Å². The van der Waals surface area contributed by atoms with Crippen molar-refractivity contribution < 1.29 is 0 Å². The standard InChI is InChI=1S/2C6H6.2ClH.2H3N/c2*1-2-4-6-5-3-1;;;;/h2*1-6H;2*1H;2*1H3. The molecule has 0 saturated heterocycles. The number of benzene rings is 2. The highest BCUT2D eigenvalue weighted by molar-refractivity contribution is 5.85. The van der Waals surface area contributed by atoms with Crippen LogP contribution in [0.3, 0.4) is 0 Å². The van der Waals surface area contributed by atoms with E-state index in [1.165, 1.54) is 0 Å². The highest BCUT2D eigenvalue weighted by Crippen LogP contribution is 1.80. The molecule has 0 bridgehead atoms. The second-order valence-corrected chi connectivity index (χ2v) is 2.31. The molecule has 0 atom stereocenters. The van der Waals surface area contributed by atoms with Crippen LogP contribution in [0.4, 0.5) is 0 Å². The maximum Gasteiger partial charge on any atom is -0.0623 e. The highest BCUT2D eigenvalue weighted by atomic mass is 35.5. The lowest BCUT2D eigenvalue weighted by atomic mass is 10.4. The molecule has 0 radical (unpaired) electrons. The molecule has 6 N–H and O–H groups in total. The lowest BCUT2D eigenvalue weighted by molar-refractivity contribution is 1.72. The second-order valence-electron chi connectivity index (χ2n) is 2.31. The van der Waals surface area contributed by atoms with Crippen molar-refractivity contribution in [2.24, 2.45) is 0 Å². The fraction of sp³-hybridized carbons (Fsp3) is 0. The van der Waals surface area contributed by atoms with Crippen molar-refractivity contribution in [3.8, 4) is 0 Å². The first-order valence-electron chi connectivity index (χ1n) is 4.00. The van der Waals surface area contributed by atoms with Gasteiger partial charge in [0.05, 0.1) is 0 Å². The molecule has 0 aromatic heterocycles. The molecule has 0 saturated carbocycles. The molecule has 2 nitrogen and oxygen atoms in total. The first-order chi connectivity index (χ1) is 6.00. The average molecular weight is 263 g/mol. The van der Waals surface area contributed by atoms with Crippen molar-refractivity contribution in [2.45, 2.75) is 0 Å². The van der Waals surface area contributed by atoms with Gasteiger partial charge >= 0.3 is 0 Å². The summed E-state index contributed by atoms with van der Waals surface area (Å²) in [5, 5.41) is 0. The summed E-state index contributed by atoms with van der Waals surface area (Å²) in [5.74, 6) is 0. The van der Waals surface area contributed by atoms with Crippen LogP contribution < -0.4 is 12.3 Å². The van der Waals surface area contributed by atoms with Crippen LogP contribution in [0.15, 0.2) is 72.8 Å². The summed E-state index contributed by atoms with van der Waals surface area (Å²) in [5.41, 5.74) is 0. The van der Waals surface area contributed by atoms with Crippen LogP contribution in [0.25, 0.3) is 0 Å². The molecule has 92 valence electrons. The number of rotatable bonds is 0. The Morgan fingerprint density at radius 1 is 0.250 bits per heavy atom. The predicted octanol–water partition coefficient (Wildman–Crippen LogP) is 4.54. The molecule has 0 aliphatic carbocycles. The Hall–Kier alpha value is -1.06. The smallest absolute Gasteiger partial charge is 0.0623 e. The fourth-order valence-electron chi connectivity index (χ4n) is 0.770. The zero-order valence-electron chi connectivity index (χ0n) is 9.16. The Bertz CT molecular complexity index is 192. The van der Waals surface area contributed by atoms with Gasteiger partial charge in [-0.15, -0.1) is 24.8 Å². The summed E-state index contributed by atoms with van der Waals surface area (Å²) in [7, 11) is 0. The van der Waals surface area contributed by atoms with Gasteiger partial charge in [0, 0.05) is 0 Å². The van der Waals surface area contributed by atoms with E-state index in [-0.39, 0.29) is 37.1 Å². The van der Waals surface area contributed by atoms with Gasteiger partial charge in [0.2, 0.25) is 0 Å². The summed E-state index contributed by atoms with van der Waals surface area (Å²) in [6.07, 6.45) is 0. The van der Waals surface area contributed by atoms with Crippen molar-refractivity contribution in [3.05, 3.63) is 72.8 Å². The topological polar surface area (TPSA) is 70.0 Å². The summed E-state index contributed by atoms with van der Waals surface area (Å²) in [4.78, 5) is 0. The Labute approximate surface area is 110 Å². The van der Waals surface area contributed by atoms with E-state index in [0.29, 0.717) is 0 Å². The Morgan fingerprint density at radius 2 is 0.312 bits per heavy atom. The van der Waals surface area contributed by atoms with Gasteiger partial charge < -0.3 is 12.3 Å². The fourth-order valence-corrected chi connectivity index (χ4v) is 0.770. The zero-order chi connectivity index (χ0) is 8.49. The first kappa shape index (κ1) is 24.3. The average Bonchev–Trinajstić information content (AvgIpc) is 2.24. The molecule has 2 rings (SSSR count). The molecule has 0 spiro atoms. The van der Waals surface area contributed by atoms with Crippen LogP contribution in [0.2, 0.25) is 0 Å². The van der Waals surface area contributed by atoms with Crippen LogP contribution >= 0.6 is 24.8 Å². The molecular formula is C12H20Cl2N2. The van der Waals surface area contributed by atoms with Crippen LogP contribution in [-0.4, -0.2) is 0 Å². The maximum atomic E-state index is 2.00. The third kappa shape index (κ3) is 15.4. The minimum Gasteiger partial charge on any atom is -0.344 e. The second kappa shape index (κ2) is 19.5. The van der Waals surface area contributed by atoms with Gasteiger partial charge in [-0.2, -0.15) is 0 Å². The van der Waals surface area contributed by atoms with E-state index >= 15 is 0 Å². The van der Waals surface area contributed by atoms with E-state index in [2.05, 4.69) is 0 Å². The van der Waals surface area contributed by atoms with Crippen molar-refractivity contribution in [1.82, 2.24) is 12.3 Å². The van der Waals surface area contributed by atoms with Crippen LogP contribution in [0.5, 0.6) is 0 Å². The number of hydrogen-bond donors (Lipinski definition) is 2. The normalized spacial score (nSPS) is 6.00. The Kier molecular flexibility index (Phi) is 29.6. The summed E-state index contributed by atoms with van der Waals surface area (Å²) < 4.78 is 0. The molecule has 0 aliphatic rings. The minimum absolute atomic E-state index is 0. The van der Waals surface area contributed by atoms with Gasteiger partial charge in [0.15, 0.2) is 0 Å². The lowest BCUT2D eigenvalue weighted by Gasteiger charge is -1.69. The quantitative estimate of drug-likeness (QED) is 0.732. The zero-order valence-corrected chi connectivity index (χ0v) is 10.8. The van der Waals surface area contributed by atoms with E-state index < -0.39 is 0 Å². The van der Waals surface area contributed by atoms with Gasteiger partial charge in [0.1, 0.15) is 0 Å². The van der Waals surface area contributed by atoms with E-state index in [1.807, 2.05) is 72.8 Å². The van der Waals surface area contributed by atoms with Gasteiger partial charge in [-0.1, -0.05) is 72.8 Å². The monoisotopic (exact) mass is 262 g/mol. The molecule has 4 heteroatoms. The summed E-state index contributed by atoms with van der Waals surface area (Å²) >= 11 is 0. The van der Waals surface area contributed by atoms with Crippen molar-refractivity contribution in [3.63, 3.8) is 0 Å². The number of hydrogen-bond acceptors (Lipinski definition) is 2. The third-order valence-corrected chi connectivity index (χ3v) is 1.33. The van der Waals surface area contributed by atoms with Gasteiger partial charge in [-0.05, 0) is 0 Å². The molecule has 2 aromatic rings. The maximum absolute atomic E-state index is 2.00. The Balaban J connectivity index is -0.0000000720. The minimum atomic E-state index is 0. The van der Waals surface area contributed by atoms with E-state index in [9.17, 15) is 0 Å². The van der Waals surface area contributed by atoms with Crippen LogP contribution in [-0.2, 0) is 0 Å². The van der Waals surface area contributed by atoms with Crippen LogP contribution in [0, 0.1) is 0 Å². The molecule has 2 aromatic carbocycles. The Morgan fingerprint density at radius 3 is 0.375 bits per heavy atom. The largest absolute Gasteiger partial charge is 0.344 e. The van der Waals surface area contributed by atoms with Crippen molar-refractivity contribution >= 4 is 24.8 Å². The molecule has 16 heavy (non-hydrogen) atoms. The van der Waals surface area contributed by atoms with E-state index in [1.54, 1.807) is 0 Å². The summed E-state index contributed by atoms with van der Waals surface area (Å²) in [6.45, 7) is 0. The molecule has 0 unspecified atom stereocenters. The molecule has 0 fully saturated rings. The van der Waals surface area contributed by atoms with Crippen LogP contribution in [0.1, 0.15) is 0 Å². The predicted molar refractivity (Wildman–Crippen MR) is 77.4 cm³/mol. The van der Waals surface area contributed by atoms with Crippen molar-refractivity contribution in [2.75, 3.05) is 0 Å². The first-order valence-corrected chi connectivity index (χ1v) is 4.00. The lowest BCUT2D eigenvalue weighted by Crippen LogP contribution is -1.47. The SMILES string of the molecule is Cl.Cl.N.N.c1ccccc1.c1ccccc1. The highest BCUT2D eigenvalue weighted by Gasteiger charge is 1.58. The van der Waals surface area contributed by atoms with Crippen molar-refractivity contribution in [1.29, 1.82) is 0 Å².